The monoisotopic (exact) mass is 305 g/mol. The van der Waals surface area contributed by atoms with Crippen LogP contribution < -0.4 is 0 Å². The molecule has 0 aromatic carbocycles. The molecule has 0 N–H and O–H groups in total. The first kappa shape index (κ1) is 13.7. The number of carbonyl (C=O) groups excluding carboxylic acids is 1. The van der Waals surface area contributed by atoms with Crippen LogP contribution in [-0.4, -0.2) is 37.1 Å². The van der Waals surface area contributed by atoms with Gasteiger partial charge in [0.25, 0.3) is 5.91 Å². The zero-order chi connectivity index (χ0) is 12.1. The molecular weight excluding hydrogens is 290 g/mol. The fourth-order valence-electron chi connectivity index (χ4n) is 1.17. The van der Waals surface area contributed by atoms with Crippen LogP contribution in [0.5, 0.6) is 0 Å². The van der Waals surface area contributed by atoms with Crippen LogP contribution in [0.3, 0.4) is 0 Å². The van der Waals surface area contributed by atoms with E-state index in [0.29, 0.717) is 13.2 Å². The van der Waals surface area contributed by atoms with Crippen LogP contribution in [0.15, 0.2) is 15.2 Å². The van der Waals surface area contributed by atoms with Gasteiger partial charge in [0.1, 0.15) is 0 Å². The lowest BCUT2D eigenvalue weighted by Crippen LogP contribution is -2.30. The van der Waals surface area contributed by atoms with Crippen molar-refractivity contribution in [2.24, 2.45) is 0 Å². The Morgan fingerprint density at radius 3 is 2.81 bits per heavy atom. The minimum Gasteiger partial charge on any atom is -0.377 e. The molecule has 90 valence electrons. The van der Waals surface area contributed by atoms with E-state index in [0.717, 1.165) is 9.35 Å². The Kier molecular flexibility index (Phi) is 5.44. The smallest absolute Gasteiger partial charge is 0.254 e. The van der Waals surface area contributed by atoms with Gasteiger partial charge in [-0.25, -0.2) is 0 Å². The molecule has 0 aliphatic rings. The van der Waals surface area contributed by atoms with Crippen LogP contribution in [-0.2, 0) is 4.74 Å². The minimum atomic E-state index is 0.0364. The van der Waals surface area contributed by atoms with Gasteiger partial charge in [-0.2, -0.15) is 0 Å². The maximum absolute atomic E-state index is 11.9. The molecule has 0 fully saturated rings. The SMILES string of the molecule is CC(C)OCCN(C)C(=O)c1csc(Br)c1. The van der Waals surface area contributed by atoms with Crippen molar-refractivity contribution in [3.05, 3.63) is 20.8 Å². The third-order valence-electron chi connectivity index (χ3n) is 2.04. The van der Waals surface area contributed by atoms with Gasteiger partial charge in [0.05, 0.1) is 22.1 Å². The van der Waals surface area contributed by atoms with Crippen molar-refractivity contribution in [3.8, 4) is 0 Å². The van der Waals surface area contributed by atoms with E-state index < -0.39 is 0 Å². The predicted octanol–water partition coefficient (Wildman–Crippen LogP) is 3.01. The number of amides is 1. The Morgan fingerprint density at radius 1 is 1.62 bits per heavy atom. The van der Waals surface area contributed by atoms with E-state index in [1.807, 2.05) is 25.3 Å². The van der Waals surface area contributed by atoms with Crippen molar-refractivity contribution in [1.82, 2.24) is 4.90 Å². The third kappa shape index (κ3) is 4.23. The summed E-state index contributed by atoms with van der Waals surface area (Å²) in [6.45, 7) is 5.16. The van der Waals surface area contributed by atoms with Crippen LogP contribution in [0.25, 0.3) is 0 Å². The summed E-state index contributed by atoms with van der Waals surface area (Å²) in [6.07, 6.45) is 0.207. The van der Waals surface area contributed by atoms with Crippen LogP contribution in [0.1, 0.15) is 24.2 Å². The molecule has 1 rings (SSSR count). The number of carbonyl (C=O) groups is 1. The van der Waals surface area contributed by atoms with Crippen LogP contribution in [0.2, 0.25) is 0 Å². The number of nitrogens with zero attached hydrogens (tertiary/aromatic N) is 1. The first-order valence-electron chi connectivity index (χ1n) is 5.12. The number of hydrogen-bond donors (Lipinski definition) is 0. The molecule has 1 aromatic heterocycles. The van der Waals surface area contributed by atoms with Crippen LogP contribution in [0.4, 0.5) is 0 Å². The molecule has 5 heteroatoms. The van der Waals surface area contributed by atoms with E-state index in [1.54, 1.807) is 11.9 Å². The van der Waals surface area contributed by atoms with Gasteiger partial charge in [-0.05, 0) is 35.8 Å². The van der Waals surface area contributed by atoms with E-state index in [4.69, 9.17) is 4.74 Å². The molecule has 1 heterocycles. The number of halogens is 1. The Hall–Kier alpha value is -0.390. The molecule has 0 atom stereocenters. The lowest BCUT2D eigenvalue weighted by Gasteiger charge is -2.17. The molecule has 0 saturated carbocycles. The summed E-state index contributed by atoms with van der Waals surface area (Å²) in [5, 5.41) is 1.85. The minimum absolute atomic E-state index is 0.0364. The topological polar surface area (TPSA) is 29.5 Å². The first-order chi connectivity index (χ1) is 7.50. The highest BCUT2D eigenvalue weighted by Gasteiger charge is 2.12. The van der Waals surface area contributed by atoms with Gasteiger partial charge in [0, 0.05) is 19.0 Å². The van der Waals surface area contributed by atoms with Crippen molar-refractivity contribution in [3.63, 3.8) is 0 Å². The van der Waals surface area contributed by atoms with E-state index in [-0.39, 0.29) is 12.0 Å². The fourth-order valence-corrected chi connectivity index (χ4v) is 2.30. The second kappa shape index (κ2) is 6.37. The van der Waals surface area contributed by atoms with Crippen molar-refractivity contribution in [1.29, 1.82) is 0 Å². The first-order valence-corrected chi connectivity index (χ1v) is 6.79. The third-order valence-corrected chi connectivity index (χ3v) is 3.54. The molecule has 0 saturated heterocycles. The highest BCUT2D eigenvalue weighted by atomic mass is 79.9. The van der Waals surface area contributed by atoms with Gasteiger partial charge in [-0.1, -0.05) is 0 Å². The Balaban J connectivity index is 2.42. The van der Waals surface area contributed by atoms with Crippen molar-refractivity contribution >= 4 is 33.2 Å². The number of thiophene rings is 1. The standard InChI is InChI=1S/C11H16BrNO2S/c1-8(2)15-5-4-13(3)11(14)9-6-10(12)16-7-9/h6-8H,4-5H2,1-3H3. The van der Waals surface area contributed by atoms with E-state index in [1.165, 1.54) is 11.3 Å². The summed E-state index contributed by atoms with van der Waals surface area (Å²) in [5.74, 6) is 0.0364. The summed E-state index contributed by atoms with van der Waals surface area (Å²) in [7, 11) is 1.79. The molecule has 0 radical (unpaired) electrons. The highest BCUT2D eigenvalue weighted by Crippen LogP contribution is 2.21. The van der Waals surface area contributed by atoms with Gasteiger partial charge >= 0.3 is 0 Å². The van der Waals surface area contributed by atoms with Crippen molar-refractivity contribution in [2.75, 3.05) is 20.2 Å². The van der Waals surface area contributed by atoms with Gasteiger partial charge in [0.2, 0.25) is 0 Å². The predicted molar refractivity (Wildman–Crippen MR) is 70.1 cm³/mol. The number of rotatable bonds is 5. The number of ether oxygens (including phenoxy) is 1. The largest absolute Gasteiger partial charge is 0.377 e. The lowest BCUT2D eigenvalue weighted by atomic mass is 10.3. The summed E-state index contributed by atoms with van der Waals surface area (Å²) in [4.78, 5) is 13.6. The molecule has 0 aliphatic carbocycles. The number of hydrogen-bond acceptors (Lipinski definition) is 3. The Morgan fingerprint density at radius 2 is 2.31 bits per heavy atom. The molecule has 0 unspecified atom stereocenters. The summed E-state index contributed by atoms with van der Waals surface area (Å²) in [6, 6.07) is 1.84. The quantitative estimate of drug-likeness (QED) is 0.837. The summed E-state index contributed by atoms with van der Waals surface area (Å²) >= 11 is 4.86. The average molecular weight is 306 g/mol. The molecule has 1 amide bonds. The van der Waals surface area contributed by atoms with E-state index in [2.05, 4.69) is 15.9 Å². The van der Waals surface area contributed by atoms with Crippen molar-refractivity contribution < 1.29 is 9.53 Å². The fraction of sp³-hybridized carbons (Fsp3) is 0.545. The molecule has 16 heavy (non-hydrogen) atoms. The zero-order valence-electron chi connectivity index (χ0n) is 9.70. The second-order valence-corrected chi connectivity index (χ2v) is 6.08. The van der Waals surface area contributed by atoms with Crippen LogP contribution >= 0.6 is 27.3 Å². The molecule has 3 nitrogen and oxygen atoms in total. The Bertz CT molecular complexity index is 352. The van der Waals surface area contributed by atoms with Gasteiger partial charge in [-0.15, -0.1) is 11.3 Å². The number of likely N-dealkylation sites (N-methyl/N-ethyl adjacent to an activating group) is 1. The summed E-state index contributed by atoms with van der Waals surface area (Å²) < 4.78 is 6.38. The second-order valence-electron chi connectivity index (χ2n) is 3.79. The highest BCUT2D eigenvalue weighted by molar-refractivity contribution is 9.11. The average Bonchev–Trinajstić information content (AvgIpc) is 2.63. The Labute approximate surface area is 109 Å². The van der Waals surface area contributed by atoms with Crippen LogP contribution in [0, 0.1) is 0 Å². The molecular formula is C11H16BrNO2S. The van der Waals surface area contributed by atoms with Gasteiger partial charge in [0.15, 0.2) is 0 Å². The lowest BCUT2D eigenvalue weighted by molar-refractivity contribution is 0.0532. The maximum atomic E-state index is 11.9. The molecule has 0 bridgehead atoms. The van der Waals surface area contributed by atoms with E-state index >= 15 is 0 Å². The van der Waals surface area contributed by atoms with E-state index in [9.17, 15) is 4.79 Å². The summed E-state index contributed by atoms with van der Waals surface area (Å²) in [5.41, 5.74) is 0.726. The van der Waals surface area contributed by atoms with Crippen molar-refractivity contribution in [2.45, 2.75) is 20.0 Å². The molecule has 0 spiro atoms. The zero-order valence-corrected chi connectivity index (χ0v) is 12.1. The molecule has 1 aromatic rings. The maximum Gasteiger partial charge on any atom is 0.254 e. The molecule has 0 aliphatic heterocycles. The normalized spacial score (nSPS) is 10.8. The van der Waals surface area contributed by atoms with Gasteiger partial charge < -0.3 is 9.64 Å². The van der Waals surface area contributed by atoms with Gasteiger partial charge in [-0.3, -0.25) is 4.79 Å².